The van der Waals surface area contributed by atoms with Gasteiger partial charge in [-0.3, -0.25) is 14.5 Å². The van der Waals surface area contributed by atoms with Crippen molar-refractivity contribution >= 4 is 17.9 Å². The van der Waals surface area contributed by atoms with Gasteiger partial charge in [-0.15, -0.1) is 0 Å². The minimum absolute atomic E-state index is 0.0315. The van der Waals surface area contributed by atoms with Gasteiger partial charge < -0.3 is 4.74 Å². The number of aromatic nitrogens is 2. The number of nitriles is 1. The molecule has 7 nitrogen and oxygen atoms in total. The predicted molar refractivity (Wildman–Crippen MR) is 158 cm³/mol. The van der Waals surface area contributed by atoms with E-state index in [-0.39, 0.29) is 17.7 Å². The lowest BCUT2D eigenvalue weighted by molar-refractivity contribution is -0.141. The molecule has 1 aliphatic rings. The zero-order valence-corrected chi connectivity index (χ0v) is 23.7. The number of ether oxygens (including phenoxy) is 1. The first kappa shape index (κ1) is 27.4. The number of methoxy groups -OCH3 is 1. The number of carbonyl (C=O) groups is 2. The normalized spacial score (nSPS) is 14.5. The van der Waals surface area contributed by atoms with Crippen LogP contribution in [-0.4, -0.2) is 33.6 Å². The average Bonchev–Trinajstić information content (AvgIpc) is 3.37. The lowest BCUT2D eigenvalue weighted by Gasteiger charge is -2.27. The van der Waals surface area contributed by atoms with Crippen molar-refractivity contribution in [1.29, 1.82) is 5.26 Å². The smallest absolute Gasteiger partial charge is 0.271 e. The summed E-state index contributed by atoms with van der Waals surface area (Å²) in [7, 11) is 1.57. The molecule has 41 heavy (non-hydrogen) atoms. The molecule has 1 aromatic heterocycles. The van der Waals surface area contributed by atoms with E-state index in [1.807, 2.05) is 56.4 Å². The fraction of sp³-hybridized carbons (Fsp3) is 0.176. The van der Waals surface area contributed by atoms with Crippen molar-refractivity contribution in [1.82, 2.24) is 14.7 Å². The minimum Gasteiger partial charge on any atom is -0.497 e. The molecule has 1 aliphatic heterocycles. The van der Waals surface area contributed by atoms with Gasteiger partial charge in [0.15, 0.2) is 0 Å². The highest BCUT2D eigenvalue weighted by Crippen LogP contribution is 2.34. The van der Waals surface area contributed by atoms with Crippen LogP contribution in [0.3, 0.4) is 0 Å². The Kier molecular flexibility index (Phi) is 7.41. The van der Waals surface area contributed by atoms with Crippen molar-refractivity contribution in [3.63, 3.8) is 0 Å². The Balaban J connectivity index is 1.67. The number of aryl methyl sites for hydroxylation is 3. The van der Waals surface area contributed by atoms with Crippen molar-refractivity contribution in [3.8, 4) is 28.8 Å². The zero-order chi connectivity index (χ0) is 29.3. The molecule has 0 saturated carbocycles. The highest BCUT2D eigenvalue weighted by atomic mass is 16.5. The summed E-state index contributed by atoms with van der Waals surface area (Å²) in [5.74, 6) is -0.393. The third-order valence-corrected chi connectivity index (χ3v) is 7.30. The quantitative estimate of drug-likeness (QED) is 0.212. The number of imide groups is 1. The summed E-state index contributed by atoms with van der Waals surface area (Å²) in [6.45, 7) is 7.84. The summed E-state index contributed by atoms with van der Waals surface area (Å²) in [5.41, 5.74) is 7.89. The van der Waals surface area contributed by atoms with E-state index < -0.39 is 11.8 Å². The number of amides is 2. The van der Waals surface area contributed by atoms with Gasteiger partial charge in [-0.2, -0.15) is 10.4 Å². The molecule has 4 aromatic rings. The SMILES string of the molecule is COc1ccc(CN2C(=O)C(C#N)=C(C)/C(=C\c3cn(-c4ccccc4)nc3-c3c(C)cc(C)cc3C)C2=O)cc1. The molecule has 0 fully saturated rings. The molecule has 0 bridgehead atoms. The summed E-state index contributed by atoms with van der Waals surface area (Å²) < 4.78 is 7.01. The van der Waals surface area contributed by atoms with Gasteiger partial charge in [-0.1, -0.05) is 48.0 Å². The minimum atomic E-state index is -0.603. The van der Waals surface area contributed by atoms with Crippen LogP contribution in [0.5, 0.6) is 5.75 Å². The molecule has 204 valence electrons. The number of hydrogen-bond acceptors (Lipinski definition) is 5. The molecule has 0 spiro atoms. The Morgan fingerprint density at radius 3 is 2.20 bits per heavy atom. The van der Waals surface area contributed by atoms with Crippen LogP contribution in [0, 0.1) is 32.1 Å². The maximum Gasteiger partial charge on any atom is 0.271 e. The fourth-order valence-corrected chi connectivity index (χ4v) is 5.30. The fourth-order valence-electron chi connectivity index (χ4n) is 5.30. The Morgan fingerprint density at radius 2 is 1.59 bits per heavy atom. The first-order valence-corrected chi connectivity index (χ1v) is 13.3. The van der Waals surface area contributed by atoms with Gasteiger partial charge in [0.1, 0.15) is 23.1 Å². The highest BCUT2D eigenvalue weighted by molar-refractivity contribution is 6.19. The molecule has 3 aromatic carbocycles. The van der Waals surface area contributed by atoms with Gasteiger partial charge in [0.05, 0.1) is 19.3 Å². The molecule has 7 heteroatoms. The van der Waals surface area contributed by atoms with E-state index in [9.17, 15) is 14.9 Å². The molecular weight excluding hydrogens is 512 g/mol. The van der Waals surface area contributed by atoms with E-state index in [0.717, 1.165) is 38.4 Å². The van der Waals surface area contributed by atoms with Crippen molar-refractivity contribution in [3.05, 3.63) is 117 Å². The summed E-state index contributed by atoms with van der Waals surface area (Å²) in [6.07, 6.45) is 3.64. The van der Waals surface area contributed by atoms with Crippen LogP contribution in [0.15, 0.2) is 89.6 Å². The second-order valence-corrected chi connectivity index (χ2v) is 10.2. The largest absolute Gasteiger partial charge is 0.497 e. The predicted octanol–water partition coefficient (Wildman–Crippen LogP) is 6.27. The molecule has 0 radical (unpaired) electrons. The monoisotopic (exact) mass is 542 g/mol. The Labute approximate surface area is 239 Å². The number of carbonyl (C=O) groups excluding carboxylic acids is 2. The van der Waals surface area contributed by atoms with Crippen LogP contribution in [0.1, 0.15) is 34.7 Å². The number of rotatable bonds is 6. The molecule has 2 heterocycles. The maximum atomic E-state index is 13.9. The zero-order valence-electron chi connectivity index (χ0n) is 23.7. The van der Waals surface area contributed by atoms with Crippen LogP contribution < -0.4 is 4.74 Å². The molecule has 2 amide bonds. The first-order chi connectivity index (χ1) is 19.7. The Bertz CT molecular complexity index is 1750. The van der Waals surface area contributed by atoms with Crippen molar-refractivity contribution < 1.29 is 14.3 Å². The lowest BCUT2D eigenvalue weighted by atomic mass is 9.91. The summed E-state index contributed by atoms with van der Waals surface area (Å²) in [5, 5.41) is 14.9. The number of para-hydroxylation sites is 1. The summed E-state index contributed by atoms with van der Waals surface area (Å²) >= 11 is 0. The summed E-state index contributed by atoms with van der Waals surface area (Å²) in [6, 6.07) is 23.1. The van der Waals surface area contributed by atoms with Crippen LogP contribution >= 0.6 is 0 Å². The van der Waals surface area contributed by atoms with Gasteiger partial charge in [0.2, 0.25) is 0 Å². The van der Waals surface area contributed by atoms with Crippen LogP contribution in [0.4, 0.5) is 0 Å². The Morgan fingerprint density at radius 1 is 0.927 bits per heavy atom. The van der Waals surface area contributed by atoms with E-state index in [0.29, 0.717) is 22.6 Å². The van der Waals surface area contributed by atoms with Gasteiger partial charge in [-0.05, 0) is 80.3 Å². The van der Waals surface area contributed by atoms with Gasteiger partial charge in [-0.25, -0.2) is 4.68 Å². The van der Waals surface area contributed by atoms with Crippen LogP contribution in [0.2, 0.25) is 0 Å². The third-order valence-electron chi connectivity index (χ3n) is 7.30. The number of hydrogen-bond donors (Lipinski definition) is 0. The molecule has 5 rings (SSSR count). The molecule has 0 atom stereocenters. The topological polar surface area (TPSA) is 88.2 Å². The van der Waals surface area contributed by atoms with Crippen molar-refractivity contribution in [2.45, 2.75) is 34.2 Å². The van der Waals surface area contributed by atoms with Crippen LogP contribution in [-0.2, 0) is 16.1 Å². The van der Waals surface area contributed by atoms with E-state index in [4.69, 9.17) is 9.84 Å². The van der Waals surface area contributed by atoms with Gasteiger partial charge in [0, 0.05) is 22.9 Å². The second kappa shape index (κ2) is 11.1. The van der Waals surface area contributed by atoms with E-state index in [1.165, 1.54) is 0 Å². The third kappa shape index (κ3) is 5.20. The molecule has 0 unspecified atom stereocenters. The highest BCUT2D eigenvalue weighted by Gasteiger charge is 2.36. The van der Waals surface area contributed by atoms with Crippen molar-refractivity contribution in [2.75, 3.05) is 7.11 Å². The molecule has 0 saturated heterocycles. The second-order valence-electron chi connectivity index (χ2n) is 10.2. The van der Waals surface area contributed by atoms with Crippen LogP contribution in [0.25, 0.3) is 23.0 Å². The van der Waals surface area contributed by atoms with Gasteiger partial charge >= 0.3 is 0 Å². The van der Waals surface area contributed by atoms with E-state index in [1.54, 1.807) is 49.1 Å². The molecule has 0 aliphatic carbocycles. The van der Waals surface area contributed by atoms with E-state index in [2.05, 4.69) is 19.1 Å². The maximum absolute atomic E-state index is 13.9. The molecular formula is C34H30N4O3. The standard InChI is InChI=1S/C34H30N4O3/c1-21-15-22(2)31(23(3)16-21)32-26(20-38(36-32)27-9-7-6-8-10-27)17-29-24(4)30(18-35)34(40)37(33(29)39)19-25-11-13-28(41-5)14-12-25/h6-17,20H,19H2,1-5H3/b29-17+. The first-order valence-electron chi connectivity index (χ1n) is 13.3. The number of benzene rings is 3. The summed E-state index contributed by atoms with van der Waals surface area (Å²) in [4.78, 5) is 28.3. The lowest BCUT2D eigenvalue weighted by Crippen LogP contribution is -2.42. The van der Waals surface area contributed by atoms with E-state index >= 15 is 0 Å². The number of nitrogens with zero attached hydrogens (tertiary/aromatic N) is 4. The van der Waals surface area contributed by atoms with Gasteiger partial charge in [0.25, 0.3) is 11.8 Å². The Hall–Kier alpha value is -5.22. The molecule has 0 N–H and O–H groups in total. The van der Waals surface area contributed by atoms with Crippen molar-refractivity contribution in [2.24, 2.45) is 0 Å². The average molecular weight is 543 g/mol.